The predicted octanol–water partition coefficient (Wildman–Crippen LogP) is 4.00. The van der Waals surface area contributed by atoms with Crippen molar-refractivity contribution >= 4 is 23.0 Å². The summed E-state index contributed by atoms with van der Waals surface area (Å²) in [5, 5.41) is 6.18. The summed E-state index contributed by atoms with van der Waals surface area (Å²) in [6.07, 6.45) is 5.26. The lowest BCUT2D eigenvalue weighted by molar-refractivity contribution is 0.102. The summed E-state index contributed by atoms with van der Waals surface area (Å²) in [5.41, 5.74) is 3.20. The van der Waals surface area contributed by atoms with E-state index < -0.39 is 0 Å². The van der Waals surface area contributed by atoms with Crippen LogP contribution in [0.2, 0.25) is 0 Å². The number of carbonyl (C=O) groups is 1. The fourth-order valence-corrected chi connectivity index (χ4v) is 2.28. The fraction of sp³-hybridized carbons (Fsp3) is 0.368. The summed E-state index contributed by atoms with van der Waals surface area (Å²) < 4.78 is 0. The Kier molecular flexibility index (Phi) is 6.61. The van der Waals surface area contributed by atoms with Gasteiger partial charge >= 0.3 is 0 Å². The molecule has 1 heterocycles. The molecule has 0 unspecified atom stereocenters. The van der Waals surface area contributed by atoms with E-state index in [0.717, 1.165) is 30.0 Å². The SMILES string of the molecule is CCCCCNc1ccc(C(=O)Nc2ccc(N(C)C)cc2)nc1. The van der Waals surface area contributed by atoms with E-state index in [0.29, 0.717) is 5.69 Å². The van der Waals surface area contributed by atoms with Gasteiger partial charge in [-0.1, -0.05) is 19.8 Å². The maximum atomic E-state index is 12.2. The number of carbonyl (C=O) groups excluding carboxylic acids is 1. The molecule has 0 fully saturated rings. The highest BCUT2D eigenvalue weighted by Gasteiger charge is 2.08. The standard InChI is InChI=1S/C19H26N4O/c1-4-5-6-13-20-16-9-12-18(21-14-16)19(24)22-15-7-10-17(11-8-15)23(2)3/h7-12,14,20H,4-6,13H2,1-3H3,(H,22,24). The molecule has 5 heteroatoms. The minimum Gasteiger partial charge on any atom is -0.384 e. The highest BCUT2D eigenvalue weighted by Crippen LogP contribution is 2.16. The number of aromatic nitrogens is 1. The molecule has 128 valence electrons. The molecular weight excluding hydrogens is 300 g/mol. The second kappa shape index (κ2) is 8.91. The van der Waals surface area contributed by atoms with Gasteiger partial charge in [0.05, 0.1) is 11.9 Å². The van der Waals surface area contributed by atoms with Gasteiger partial charge in [0.1, 0.15) is 5.69 Å². The molecule has 1 aromatic carbocycles. The fourth-order valence-electron chi connectivity index (χ4n) is 2.28. The zero-order chi connectivity index (χ0) is 17.4. The smallest absolute Gasteiger partial charge is 0.274 e. The maximum Gasteiger partial charge on any atom is 0.274 e. The minimum atomic E-state index is -0.204. The number of nitrogens with zero attached hydrogens (tertiary/aromatic N) is 2. The molecular formula is C19H26N4O. The molecule has 0 atom stereocenters. The van der Waals surface area contributed by atoms with Gasteiger partial charge in [0.2, 0.25) is 0 Å². The Morgan fingerprint density at radius 1 is 1.04 bits per heavy atom. The first kappa shape index (κ1) is 17.8. The largest absolute Gasteiger partial charge is 0.384 e. The summed E-state index contributed by atoms with van der Waals surface area (Å²) in [5.74, 6) is -0.204. The zero-order valence-electron chi connectivity index (χ0n) is 14.7. The van der Waals surface area contributed by atoms with Crippen LogP contribution in [-0.4, -0.2) is 31.5 Å². The van der Waals surface area contributed by atoms with E-state index in [9.17, 15) is 4.79 Å². The summed E-state index contributed by atoms with van der Waals surface area (Å²) in [7, 11) is 3.96. The van der Waals surface area contributed by atoms with E-state index in [2.05, 4.69) is 22.5 Å². The molecule has 0 aliphatic carbocycles. The van der Waals surface area contributed by atoms with Crippen LogP contribution in [0, 0.1) is 0 Å². The lowest BCUT2D eigenvalue weighted by Crippen LogP contribution is -2.14. The average molecular weight is 326 g/mol. The lowest BCUT2D eigenvalue weighted by Gasteiger charge is -2.13. The van der Waals surface area contributed by atoms with Crippen LogP contribution in [-0.2, 0) is 0 Å². The van der Waals surface area contributed by atoms with Gasteiger partial charge in [0.25, 0.3) is 5.91 Å². The van der Waals surface area contributed by atoms with Crippen molar-refractivity contribution in [3.8, 4) is 0 Å². The van der Waals surface area contributed by atoms with Crippen molar-refractivity contribution in [2.24, 2.45) is 0 Å². The predicted molar refractivity (Wildman–Crippen MR) is 101 cm³/mol. The van der Waals surface area contributed by atoms with Crippen molar-refractivity contribution in [3.05, 3.63) is 48.3 Å². The lowest BCUT2D eigenvalue weighted by atomic mass is 10.2. The Balaban J connectivity index is 1.90. The molecule has 0 aliphatic rings. The van der Waals surface area contributed by atoms with Gasteiger partial charge in [-0.15, -0.1) is 0 Å². The Bertz CT molecular complexity index is 635. The van der Waals surface area contributed by atoms with Gasteiger partial charge < -0.3 is 15.5 Å². The van der Waals surface area contributed by atoms with E-state index in [4.69, 9.17) is 0 Å². The molecule has 24 heavy (non-hydrogen) atoms. The van der Waals surface area contributed by atoms with Crippen LogP contribution in [0.5, 0.6) is 0 Å². The summed E-state index contributed by atoms with van der Waals surface area (Å²) in [4.78, 5) is 18.5. The maximum absolute atomic E-state index is 12.2. The number of pyridine rings is 1. The number of hydrogen-bond donors (Lipinski definition) is 2. The van der Waals surface area contributed by atoms with E-state index in [1.807, 2.05) is 49.3 Å². The van der Waals surface area contributed by atoms with Crippen LogP contribution >= 0.6 is 0 Å². The highest BCUT2D eigenvalue weighted by molar-refractivity contribution is 6.03. The first-order valence-corrected chi connectivity index (χ1v) is 8.39. The van der Waals surface area contributed by atoms with Crippen LogP contribution < -0.4 is 15.5 Å². The first-order valence-electron chi connectivity index (χ1n) is 8.39. The van der Waals surface area contributed by atoms with Crippen LogP contribution in [0.3, 0.4) is 0 Å². The number of hydrogen-bond acceptors (Lipinski definition) is 4. The summed E-state index contributed by atoms with van der Waals surface area (Å²) in [6, 6.07) is 11.3. The van der Waals surface area contributed by atoms with Gasteiger partial charge in [-0.2, -0.15) is 0 Å². The molecule has 2 rings (SSSR count). The van der Waals surface area contributed by atoms with Gasteiger partial charge in [0.15, 0.2) is 0 Å². The Labute approximate surface area is 144 Å². The van der Waals surface area contributed by atoms with Gasteiger partial charge in [-0.05, 0) is 42.8 Å². The summed E-state index contributed by atoms with van der Waals surface area (Å²) >= 11 is 0. The van der Waals surface area contributed by atoms with Crippen molar-refractivity contribution in [1.29, 1.82) is 0 Å². The zero-order valence-corrected chi connectivity index (χ0v) is 14.7. The van der Waals surface area contributed by atoms with E-state index >= 15 is 0 Å². The number of amides is 1. The molecule has 0 bridgehead atoms. The third kappa shape index (κ3) is 5.26. The first-order chi connectivity index (χ1) is 11.6. The number of anilines is 3. The molecule has 2 N–H and O–H groups in total. The minimum absolute atomic E-state index is 0.204. The third-order valence-corrected chi connectivity index (χ3v) is 3.75. The molecule has 0 aliphatic heterocycles. The molecule has 5 nitrogen and oxygen atoms in total. The number of rotatable bonds is 8. The van der Waals surface area contributed by atoms with E-state index in [1.54, 1.807) is 12.3 Å². The Hall–Kier alpha value is -2.56. The van der Waals surface area contributed by atoms with E-state index in [1.165, 1.54) is 12.8 Å². The molecule has 0 spiro atoms. The summed E-state index contributed by atoms with van der Waals surface area (Å²) in [6.45, 7) is 3.11. The van der Waals surface area contributed by atoms with Crippen molar-refractivity contribution in [1.82, 2.24) is 4.98 Å². The van der Waals surface area contributed by atoms with Gasteiger partial charge in [-0.3, -0.25) is 4.79 Å². The number of benzene rings is 1. The van der Waals surface area contributed by atoms with Crippen LogP contribution in [0.25, 0.3) is 0 Å². The van der Waals surface area contributed by atoms with Crippen molar-refractivity contribution in [3.63, 3.8) is 0 Å². The van der Waals surface area contributed by atoms with E-state index in [-0.39, 0.29) is 5.91 Å². The molecule has 0 radical (unpaired) electrons. The quantitative estimate of drug-likeness (QED) is 0.720. The van der Waals surface area contributed by atoms with Gasteiger partial charge in [-0.25, -0.2) is 4.98 Å². The monoisotopic (exact) mass is 326 g/mol. The van der Waals surface area contributed by atoms with Crippen molar-refractivity contribution in [2.45, 2.75) is 26.2 Å². The highest BCUT2D eigenvalue weighted by atomic mass is 16.1. The van der Waals surface area contributed by atoms with Gasteiger partial charge in [0, 0.05) is 32.0 Å². The molecule has 0 saturated heterocycles. The Morgan fingerprint density at radius 2 is 1.75 bits per heavy atom. The molecule has 1 amide bonds. The van der Waals surface area contributed by atoms with Crippen LogP contribution in [0.1, 0.15) is 36.7 Å². The Morgan fingerprint density at radius 3 is 2.33 bits per heavy atom. The second-order valence-electron chi connectivity index (χ2n) is 5.96. The number of nitrogens with one attached hydrogen (secondary N) is 2. The third-order valence-electron chi connectivity index (χ3n) is 3.75. The van der Waals surface area contributed by atoms with Crippen molar-refractivity contribution < 1.29 is 4.79 Å². The molecule has 0 saturated carbocycles. The van der Waals surface area contributed by atoms with Crippen LogP contribution in [0.15, 0.2) is 42.6 Å². The normalized spacial score (nSPS) is 10.3. The van der Waals surface area contributed by atoms with Crippen LogP contribution in [0.4, 0.5) is 17.1 Å². The molecule has 1 aromatic heterocycles. The topological polar surface area (TPSA) is 57.3 Å². The van der Waals surface area contributed by atoms with Crippen molar-refractivity contribution in [2.75, 3.05) is 36.2 Å². The average Bonchev–Trinajstić information content (AvgIpc) is 2.59. The number of unbranched alkanes of at least 4 members (excludes halogenated alkanes) is 2. The second-order valence-corrected chi connectivity index (χ2v) is 5.96. The molecule has 2 aromatic rings.